The molecule has 0 saturated heterocycles. The van der Waals surface area contributed by atoms with Crippen LogP contribution >= 0.6 is 11.8 Å². The van der Waals surface area contributed by atoms with Gasteiger partial charge in [0.1, 0.15) is 0 Å². The predicted octanol–water partition coefficient (Wildman–Crippen LogP) is 3.31. The van der Waals surface area contributed by atoms with Crippen molar-refractivity contribution in [2.24, 2.45) is 0 Å². The van der Waals surface area contributed by atoms with Gasteiger partial charge in [-0.3, -0.25) is 0 Å². The second kappa shape index (κ2) is 4.19. The predicted molar refractivity (Wildman–Crippen MR) is 56.8 cm³/mol. The summed E-state index contributed by atoms with van der Waals surface area (Å²) < 4.78 is 0. The minimum Gasteiger partial charge on any atom is -0.356 e. The zero-order valence-electron chi connectivity index (χ0n) is 7.23. The fourth-order valence-electron chi connectivity index (χ4n) is 1.14. The standard InChI is InChI=1S/C11H11NS/c1-2-5-10(6-3-1)9-13-11-7-4-8-12-11/h1-8,12H,9H2. The third kappa shape index (κ3) is 2.39. The lowest BCUT2D eigenvalue weighted by molar-refractivity contribution is 1.20. The summed E-state index contributed by atoms with van der Waals surface area (Å²) in [6.45, 7) is 0. The maximum absolute atomic E-state index is 3.17. The molecule has 1 aromatic heterocycles. The Hall–Kier alpha value is -1.15. The molecule has 1 aromatic carbocycles. The molecule has 13 heavy (non-hydrogen) atoms. The van der Waals surface area contributed by atoms with Crippen LogP contribution in [0.3, 0.4) is 0 Å². The van der Waals surface area contributed by atoms with Crippen LogP contribution in [0.2, 0.25) is 0 Å². The van der Waals surface area contributed by atoms with Crippen LogP contribution in [-0.4, -0.2) is 4.98 Å². The van der Waals surface area contributed by atoms with E-state index >= 15 is 0 Å². The Morgan fingerprint density at radius 1 is 1.00 bits per heavy atom. The highest BCUT2D eigenvalue weighted by Crippen LogP contribution is 2.19. The van der Waals surface area contributed by atoms with Crippen LogP contribution in [0.4, 0.5) is 0 Å². The van der Waals surface area contributed by atoms with Crippen molar-refractivity contribution >= 4 is 11.8 Å². The lowest BCUT2D eigenvalue weighted by Crippen LogP contribution is -1.78. The first-order chi connectivity index (χ1) is 6.45. The normalized spacial score (nSPS) is 10.2. The number of hydrogen-bond acceptors (Lipinski definition) is 1. The second-order valence-electron chi connectivity index (χ2n) is 2.81. The Morgan fingerprint density at radius 2 is 1.85 bits per heavy atom. The first-order valence-electron chi connectivity index (χ1n) is 4.25. The van der Waals surface area contributed by atoms with Crippen LogP contribution in [0.5, 0.6) is 0 Å². The van der Waals surface area contributed by atoms with E-state index in [-0.39, 0.29) is 0 Å². The summed E-state index contributed by atoms with van der Waals surface area (Å²) in [5.41, 5.74) is 1.36. The van der Waals surface area contributed by atoms with Crippen molar-refractivity contribution < 1.29 is 0 Å². The summed E-state index contributed by atoms with van der Waals surface area (Å²) in [6.07, 6.45) is 1.95. The molecule has 66 valence electrons. The molecule has 0 amide bonds. The highest BCUT2D eigenvalue weighted by atomic mass is 32.2. The zero-order chi connectivity index (χ0) is 8.93. The number of rotatable bonds is 3. The molecule has 0 atom stereocenters. The number of H-pyrrole nitrogens is 1. The molecule has 0 fully saturated rings. The van der Waals surface area contributed by atoms with E-state index in [0.717, 1.165) is 5.75 Å². The fraction of sp³-hybridized carbons (Fsp3) is 0.0909. The average molecular weight is 189 g/mol. The lowest BCUT2D eigenvalue weighted by Gasteiger charge is -1.98. The van der Waals surface area contributed by atoms with Gasteiger partial charge < -0.3 is 4.98 Å². The molecule has 2 aromatic rings. The highest BCUT2D eigenvalue weighted by Gasteiger charge is 1.94. The summed E-state index contributed by atoms with van der Waals surface area (Å²) in [5, 5.41) is 1.23. The molecule has 0 aliphatic rings. The van der Waals surface area contributed by atoms with Crippen LogP contribution in [0.15, 0.2) is 53.7 Å². The Labute approximate surface area is 82.2 Å². The maximum Gasteiger partial charge on any atom is 0.0724 e. The van der Waals surface area contributed by atoms with Crippen LogP contribution in [-0.2, 0) is 5.75 Å². The van der Waals surface area contributed by atoms with Crippen LogP contribution in [0.25, 0.3) is 0 Å². The summed E-state index contributed by atoms with van der Waals surface area (Å²) in [7, 11) is 0. The summed E-state index contributed by atoms with van der Waals surface area (Å²) in [5.74, 6) is 1.03. The molecule has 2 rings (SSSR count). The van der Waals surface area contributed by atoms with Gasteiger partial charge in [-0.15, -0.1) is 11.8 Å². The van der Waals surface area contributed by atoms with Crippen molar-refractivity contribution in [1.82, 2.24) is 4.98 Å². The SMILES string of the molecule is c1ccc(CSc2ccc[nH]2)cc1. The van der Waals surface area contributed by atoms with Crippen molar-refractivity contribution in [2.45, 2.75) is 10.8 Å². The van der Waals surface area contributed by atoms with E-state index in [1.807, 2.05) is 30.1 Å². The van der Waals surface area contributed by atoms with Crippen molar-refractivity contribution in [3.05, 3.63) is 54.2 Å². The molecule has 0 aliphatic carbocycles. The molecular weight excluding hydrogens is 178 g/mol. The molecule has 0 saturated carbocycles. The molecule has 0 bridgehead atoms. The molecule has 1 nitrogen and oxygen atoms in total. The van der Waals surface area contributed by atoms with E-state index in [4.69, 9.17) is 0 Å². The quantitative estimate of drug-likeness (QED) is 0.732. The third-order valence-electron chi connectivity index (χ3n) is 1.81. The number of aromatic amines is 1. The number of aromatic nitrogens is 1. The second-order valence-corrected chi connectivity index (χ2v) is 3.83. The zero-order valence-corrected chi connectivity index (χ0v) is 8.05. The molecule has 1 heterocycles. The van der Waals surface area contributed by atoms with Gasteiger partial charge in [0.15, 0.2) is 0 Å². The summed E-state index contributed by atoms with van der Waals surface area (Å²) in [6, 6.07) is 14.6. The molecule has 1 N–H and O–H groups in total. The van der Waals surface area contributed by atoms with Gasteiger partial charge in [-0.2, -0.15) is 0 Å². The van der Waals surface area contributed by atoms with E-state index in [1.54, 1.807) is 0 Å². The van der Waals surface area contributed by atoms with E-state index in [1.165, 1.54) is 10.6 Å². The largest absolute Gasteiger partial charge is 0.356 e. The van der Waals surface area contributed by atoms with E-state index < -0.39 is 0 Å². The van der Waals surface area contributed by atoms with Gasteiger partial charge in [0.05, 0.1) is 5.03 Å². The van der Waals surface area contributed by atoms with E-state index in [2.05, 4.69) is 35.3 Å². The lowest BCUT2D eigenvalue weighted by atomic mass is 10.2. The van der Waals surface area contributed by atoms with Crippen molar-refractivity contribution in [3.8, 4) is 0 Å². The fourth-order valence-corrected chi connectivity index (χ4v) is 1.98. The van der Waals surface area contributed by atoms with Gasteiger partial charge in [0.2, 0.25) is 0 Å². The Bertz CT molecular complexity index is 340. The average Bonchev–Trinajstić information content (AvgIpc) is 2.69. The van der Waals surface area contributed by atoms with Crippen molar-refractivity contribution in [1.29, 1.82) is 0 Å². The van der Waals surface area contributed by atoms with Gasteiger partial charge in [-0.05, 0) is 17.7 Å². The van der Waals surface area contributed by atoms with Gasteiger partial charge in [0.25, 0.3) is 0 Å². The Kier molecular flexibility index (Phi) is 2.72. The summed E-state index contributed by atoms with van der Waals surface area (Å²) >= 11 is 1.82. The summed E-state index contributed by atoms with van der Waals surface area (Å²) in [4.78, 5) is 3.17. The molecule has 0 radical (unpaired) electrons. The van der Waals surface area contributed by atoms with Crippen molar-refractivity contribution in [2.75, 3.05) is 0 Å². The van der Waals surface area contributed by atoms with Gasteiger partial charge in [-0.1, -0.05) is 30.3 Å². The Balaban J connectivity index is 1.94. The Morgan fingerprint density at radius 3 is 2.54 bits per heavy atom. The number of benzene rings is 1. The first kappa shape index (κ1) is 8.45. The minimum atomic E-state index is 1.03. The smallest absolute Gasteiger partial charge is 0.0724 e. The van der Waals surface area contributed by atoms with Gasteiger partial charge in [-0.25, -0.2) is 0 Å². The van der Waals surface area contributed by atoms with E-state index in [0.29, 0.717) is 0 Å². The van der Waals surface area contributed by atoms with Crippen molar-refractivity contribution in [3.63, 3.8) is 0 Å². The number of nitrogens with one attached hydrogen (secondary N) is 1. The number of thioether (sulfide) groups is 1. The maximum atomic E-state index is 3.17. The monoisotopic (exact) mass is 189 g/mol. The minimum absolute atomic E-state index is 1.03. The van der Waals surface area contributed by atoms with Gasteiger partial charge in [0, 0.05) is 11.9 Å². The molecule has 2 heteroatoms. The van der Waals surface area contributed by atoms with Crippen LogP contribution in [0.1, 0.15) is 5.56 Å². The highest BCUT2D eigenvalue weighted by molar-refractivity contribution is 7.98. The van der Waals surface area contributed by atoms with Crippen LogP contribution in [0, 0.1) is 0 Å². The molecule has 0 unspecified atom stereocenters. The number of hydrogen-bond donors (Lipinski definition) is 1. The first-order valence-corrected chi connectivity index (χ1v) is 5.24. The molecule has 0 aliphatic heterocycles. The molecule has 0 spiro atoms. The van der Waals surface area contributed by atoms with Crippen LogP contribution < -0.4 is 0 Å². The topological polar surface area (TPSA) is 15.8 Å². The van der Waals surface area contributed by atoms with E-state index in [9.17, 15) is 0 Å². The molecular formula is C11H11NS. The third-order valence-corrected chi connectivity index (χ3v) is 2.85. The van der Waals surface area contributed by atoms with Gasteiger partial charge >= 0.3 is 0 Å².